The molecule has 2 rings (SSSR count). The van der Waals surface area contributed by atoms with Crippen LogP contribution in [0, 0.1) is 0 Å². The number of alkyl halides is 3. The van der Waals surface area contributed by atoms with Gasteiger partial charge in [-0.15, -0.1) is 23.4 Å². The molecule has 0 radical (unpaired) electrons. The Morgan fingerprint density at radius 3 is 2.24 bits per heavy atom. The maximum atomic E-state index is 11.9. The van der Waals surface area contributed by atoms with Gasteiger partial charge in [0.25, 0.3) is 4.80 Å². The van der Waals surface area contributed by atoms with E-state index in [4.69, 9.17) is 4.42 Å². The summed E-state index contributed by atoms with van der Waals surface area (Å²) >= 11 is 2.97. The number of benzene rings is 1. The topological polar surface area (TPSA) is 48.2 Å². The van der Waals surface area contributed by atoms with Crippen molar-refractivity contribution in [2.24, 2.45) is 0 Å². The lowest BCUT2D eigenvalue weighted by Gasteiger charge is -2.08. The molecule has 0 saturated carbocycles. The second-order valence-corrected chi connectivity index (χ2v) is 3.61. The van der Waals surface area contributed by atoms with E-state index in [1.54, 1.807) is 0 Å². The first-order valence-corrected chi connectivity index (χ1v) is 5.08. The van der Waals surface area contributed by atoms with Crippen LogP contribution in [0.25, 0.3) is 11.5 Å². The maximum Gasteiger partial charge on any atom is 0.573 e. The van der Waals surface area contributed by atoms with Gasteiger partial charge in [0.1, 0.15) is 5.75 Å². The Bertz CT molecular complexity index is 510. The molecule has 1 heterocycles. The fraction of sp³-hybridized carbons (Fsp3) is 0.111. The number of hydrogen-bond acceptors (Lipinski definition) is 4. The minimum absolute atomic E-state index is 0.197. The van der Waals surface area contributed by atoms with Crippen molar-refractivity contribution in [3.63, 3.8) is 0 Å². The molecule has 17 heavy (non-hydrogen) atoms. The number of rotatable bonds is 2. The van der Waals surface area contributed by atoms with Gasteiger partial charge < -0.3 is 9.15 Å². The highest BCUT2D eigenvalue weighted by Gasteiger charge is 2.31. The highest BCUT2D eigenvalue weighted by atomic mass is 79.9. The summed E-state index contributed by atoms with van der Waals surface area (Å²) in [7, 11) is 0. The Labute approximate surface area is 102 Å². The molecular formula is C9H4BrF3N2O2. The monoisotopic (exact) mass is 308 g/mol. The van der Waals surface area contributed by atoms with Crippen LogP contribution in [0.15, 0.2) is 33.5 Å². The molecule has 0 saturated heterocycles. The van der Waals surface area contributed by atoms with E-state index in [-0.39, 0.29) is 16.4 Å². The van der Waals surface area contributed by atoms with Gasteiger partial charge in [0, 0.05) is 21.5 Å². The van der Waals surface area contributed by atoms with Crippen LogP contribution in [0.5, 0.6) is 5.75 Å². The molecule has 2 aromatic rings. The predicted molar refractivity (Wildman–Crippen MR) is 54.1 cm³/mol. The van der Waals surface area contributed by atoms with Gasteiger partial charge in [0.2, 0.25) is 5.89 Å². The quantitative estimate of drug-likeness (QED) is 0.853. The van der Waals surface area contributed by atoms with Gasteiger partial charge >= 0.3 is 6.36 Å². The van der Waals surface area contributed by atoms with Gasteiger partial charge in [-0.25, -0.2) is 0 Å². The molecule has 0 spiro atoms. The Morgan fingerprint density at radius 1 is 1.12 bits per heavy atom. The number of nitrogens with zero attached hydrogens (tertiary/aromatic N) is 2. The average Bonchev–Trinajstić information content (AvgIpc) is 2.63. The molecule has 0 aliphatic heterocycles. The van der Waals surface area contributed by atoms with Crippen molar-refractivity contribution < 1.29 is 22.3 Å². The summed E-state index contributed by atoms with van der Waals surface area (Å²) in [6, 6.07) is 5.11. The lowest BCUT2D eigenvalue weighted by molar-refractivity contribution is -0.274. The maximum absolute atomic E-state index is 11.9. The molecule has 4 nitrogen and oxygen atoms in total. The third-order valence-electron chi connectivity index (χ3n) is 1.74. The zero-order valence-electron chi connectivity index (χ0n) is 8.03. The molecule has 0 aliphatic rings. The molecule has 0 unspecified atom stereocenters. The molecular weight excluding hydrogens is 305 g/mol. The van der Waals surface area contributed by atoms with Crippen LogP contribution in [0.1, 0.15) is 0 Å². The van der Waals surface area contributed by atoms with Gasteiger partial charge in [-0.05, 0) is 24.3 Å². The highest BCUT2D eigenvalue weighted by Crippen LogP contribution is 2.26. The fourth-order valence-electron chi connectivity index (χ4n) is 1.12. The number of halogens is 4. The van der Waals surface area contributed by atoms with E-state index < -0.39 is 6.36 Å². The van der Waals surface area contributed by atoms with Crippen LogP contribution in [-0.4, -0.2) is 16.6 Å². The van der Waals surface area contributed by atoms with E-state index in [1.807, 2.05) is 0 Å². The molecule has 0 atom stereocenters. The highest BCUT2D eigenvalue weighted by molar-refractivity contribution is 9.10. The zero-order chi connectivity index (χ0) is 12.5. The minimum Gasteiger partial charge on any atom is -0.411 e. The van der Waals surface area contributed by atoms with E-state index in [1.165, 1.54) is 24.3 Å². The molecule has 0 N–H and O–H groups in total. The molecule has 0 fully saturated rings. The number of hydrogen-bond donors (Lipinski definition) is 0. The fourth-order valence-corrected chi connectivity index (χ4v) is 1.35. The first kappa shape index (κ1) is 11.9. The van der Waals surface area contributed by atoms with E-state index in [2.05, 4.69) is 30.9 Å². The zero-order valence-corrected chi connectivity index (χ0v) is 9.62. The SMILES string of the molecule is FC(F)(F)Oc1ccc(-c2nnc(Br)o2)cc1. The van der Waals surface area contributed by atoms with Crippen molar-refractivity contribution in [3.05, 3.63) is 29.1 Å². The van der Waals surface area contributed by atoms with Crippen molar-refractivity contribution >= 4 is 15.9 Å². The standard InChI is InChI=1S/C9H4BrF3N2O2/c10-8-15-14-7(16-8)5-1-3-6(4-2-5)17-9(11,12)13/h1-4H. The summed E-state index contributed by atoms with van der Waals surface area (Å²) < 4.78 is 44.5. The van der Waals surface area contributed by atoms with Gasteiger partial charge in [0.05, 0.1) is 0 Å². The minimum atomic E-state index is -4.70. The molecule has 0 amide bonds. The first-order valence-electron chi connectivity index (χ1n) is 4.29. The summed E-state index contributed by atoms with van der Waals surface area (Å²) in [5, 5.41) is 7.23. The summed E-state index contributed by atoms with van der Waals surface area (Å²) in [4.78, 5) is 0.197. The van der Waals surface area contributed by atoms with Crippen LogP contribution < -0.4 is 4.74 Å². The van der Waals surface area contributed by atoms with Crippen LogP contribution >= 0.6 is 15.9 Å². The Hall–Kier alpha value is -1.57. The van der Waals surface area contributed by atoms with E-state index in [0.29, 0.717) is 5.56 Å². The smallest absolute Gasteiger partial charge is 0.411 e. The molecule has 90 valence electrons. The van der Waals surface area contributed by atoms with Crippen LogP contribution in [-0.2, 0) is 0 Å². The van der Waals surface area contributed by atoms with Crippen LogP contribution in [0.4, 0.5) is 13.2 Å². The number of aromatic nitrogens is 2. The third kappa shape index (κ3) is 3.19. The van der Waals surface area contributed by atoms with Gasteiger partial charge in [0.15, 0.2) is 0 Å². The van der Waals surface area contributed by atoms with Gasteiger partial charge in [-0.1, -0.05) is 0 Å². The Kier molecular flexibility index (Phi) is 3.05. The van der Waals surface area contributed by atoms with E-state index in [9.17, 15) is 13.2 Å². The normalized spacial score (nSPS) is 11.5. The van der Waals surface area contributed by atoms with E-state index in [0.717, 1.165) is 0 Å². The first-order chi connectivity index (χ1) is 7.94. The second-order valence-electron chi connectivity index (χ2n) is 2.93. The molecule has 1 aromatic carbocycles. The van der Waals surface area contributed by atoms with Crippen LogP contribution in [0.2, 0.25) is 0 Å². The largest absolute Gasteiger partial charge is 0.573 e. The van der Waals surface area contributed by atoms with Gasteiger partial charge in [-0.2, -0.15) is 0 Å². The molecule has 8 heteroatoms. The summed E-state index contributed by atoms with van der Waals surface area (Å²) in [6.45, 7) is 0. The average molecular weight is 309 g/mol. The predicted octanol–water partition coefficient (Wildman–Crippen LogP) is 3.40. The van der Waals surface area contributed by atoms with Gasteiger partial charge in [-0.3, -0.25) is 0 Å². The molecule has 0 bridgehead atoms. The van der Waals surface area contributed by atoms with Crippen molar-refractivity contribution in [2.75, 3.05) is 0 Å². The van der Waals surface area contributed by atoms with E-state index >= 15 is 0 Å². The summed E-state index contributed by atoms with van der Waals surface area (Å²) in [6.07, 6.45) is -4.70. The van der Waals surface area contributed by atoms with Crippen molar-refractivity contribution in [2.45, 2.75) is 6.36 Å². The third-order valence-corrected chi connectivity index (χ3v) is 2.06. The second kappa shape index (κ2) is 4.36. The van der Waals surface area contributed by atoms with Crippen molar-refractivity contribution in [3.8, 4) is 17.2 Å². The molecule has 1 aromatic heterocycles. The number of ether oxygens (including phenoxy) is 1. The van der Waals surface area contributed by atoms with Crippen LogP contribution in [0.3, 0.4) is 0 Å². The molecule has 0 aliphatic carbocycles. The lowest BCUT2D eigenvalue weighted by atomic mass is 10.2. The summed E-state index contributed by atoms with van der Waals surface area (Å²) in [5.74, 6) is -0.102. The summed E-state index contributed by atoms with van der Waals surface area (Å²) in [5.41, 5.74) is 0.498. The Balaban J connectivity index is 2.19. The Morgan fingerprint density at radius 2 is 1.76 bits per heavy atom. The van der Waals surface area contributed by atoms with Crippen molar-refractivity contribution in [1.82, 2.24) is 10.2 Å². The lowest BCUT2D eigenvalue weighted by Crippen LogP contribution is -2.16. The van der Waals surface area contributed by atoms with Crippen molar-refractivity contribution in [1.29, 1.82) is 0 Å².